The van der Waals surface area contributed by atoms with Crippen LogP contribution >= 0.6 is 15.6 Å². The molecule has 4 unspecified atom stereocenters. The smallest absolute Gasteiger partial charge is 0.462 e. The number of phosphoric ester groups is 2. The van der Waals surface area contributed by atoms with Crippen LogP contribution in [0.3, 0.4) is 0 Å². The predicted octanol–water partition coefficient (Wildman–Crippen LogP) is 26.6. The van der Waals surface area contributed by atoms with Crippen molar-refractivity contribution >= 4 is 39.5 Å². The number of carbonyl (C=O) groups is 4. The molecule has 0 amide bonds. The Bertz CT molecular complexity index is 2030. The van der Waals surface area contributed by atoms with E-state index in [4.69, 9.17) is 37.0 Å². The summed E-state index contributed by atoms with van der Waals surface area (Å²) in [4.78, 5) is 73.2. The number of esters is 4. The van der Waals surface area contributed by atoms with Crippen molar-refractivity contribution in [1.82, 2.24) is 0 Å². The van der Waals surface area contributed by atoms with Gasteiger partial charge in [-0.25, -0.2) is 9.13 Å². The number of rotatable bonds is 86. The lowest BCUT2D eigenvalue weighted by atomic mass is 9.99. The monoisotopic (exact) mass is 1550 g/mol. The number of aliphatic hydroxyl groups is 1. The second kappa shape index (κ2) is 78.3. The van der Waals surface area contributed by atoms with Crippen molar-refractivity contribution in [3.63, 3.8) is 0 Å². The highest BCUT2D eigenvalue weighted by Gasteiger charge is 2.30. The highest BCUT2D eigenvalue weighted by atomic mass is 31.2. The van der Waals surface area contributed by atoms with Gasteiger partial charge >= 0.3 is 39.5 Å². The Hall–Kier alpha value is -1.94. The molecule has 17 nitrogen and oxygen atoms in total. The first-order valence-electron chi connectivity index (χ1n) is 45.1. The standard InChI is InChI=1S/C87H170O17P2/c1-7-11-13-15-17-19-21-23-25-27-29-31-32-34-36-38-40-42-44-53-59-65-71-86(91)103-82(75-97-84(89)69-63-57-51-43-41-39-37-35-33-30-28-26-24-22-20-18-16-14-12-8-2)77-101-105(93,94)99-73-81(88)74-100-106(95,96)102-78-83(104-87(92)72-66-60-54-48-46-50-56-62-68-80(6)10-4)76-98-85(90)70-64-58-52-47-45-49-55-61-67-79(5)9-3/h79-83,88H,7-78H2,1-6H3,(H,93,94)(H,95,96)/t79?,80?,81-,82-,83-/m1/s1. The van der Waals surface area contributed by atoms with Gasteiger partial charge in [-0.2, -0.15) is 0 Å². The second-order valence-electron chi connectivity index (χ2n) is 31.8. The van der Waals surface area contributed by atoms with Gasteiger partial charge in [0.1, 0.15) is 19.3 Å². The predicted molar refractivity (Wildman–Crippen MR) is 437 cm³/mol. The van der Waals surface area contributed by atoms with Gasteiger partial charge in [-0.05, 0) is 37.5 Å². The number of carbonyl (C=O) groups excluding carboxylic acids is 4. The molecular weight excluding hydrogens is 1380 g/mol. The minimum absolute atomic E-state index is 0.105. The van der Waals surface area contributed by atoms with E-state index in [1.807, 2.05) is 0 Å². The molecule has 630 valence electrons. The number of hydrogen-bond donors (Lipinski definition) is 3. The summed E-state index contributed by atoms with van der Waals surface area (Å²) in [6.07, 6.45) is 71.0. The van der Waals surface area contributed by atoms with E-state index in [0.717, 1.165) is 102 Å². The average molecular weight is 1550 g/mol. The second-order valence-corrected chi connectivity index (χ2v) is 34.7. The molecule has 0 rings (SSSR count). The maximum Gasteiger partial charge on any atom is 0.472 e. The summed E-state index contributed by atoms with van der Waals surface area (Å²) in [5, 5.41) is 10.7. The van der Waals surface area contributed by atoms with E-state index in [2.05, 4.69) is 41.5 Å². The fourth-order valence-electron chi connectivity index (χ4n) is 13.5. The topological polar surface area (TPSA) is 237 Å². The van der Waals surface area contributed by atoms with Gasteiger partial charge < -0.3 is 33.8 Å². The summed E-state index contributed by atoms with van der Waals surface area (Å²) in [5.41, 5.74) is 0. The summed E-state index contributed by atoms with van der Waals surface area (Å²) in [6.45, 7) is 9.66. The number of aliphatic hydroxyl groups excluding tert-OH is 1. The lowest BCUT2D eigenvalue weighted by Gasteiger charge is -2.21. The van der Waals surface area contributed by atoms with Crippen molar-refractivity contribution in [1.29, 1.82) is 0 Å². The van der Waals surface area contributed by atoms with Gasteiger partial charge in [0.2, 0.25) is 0 Å². The molecule has 0 aromatic rings. The molecule has 0 radical (unpaired) electrons. The Balaban J connectivity index is 5.22. The van der Waals surface area contributed by atoms with Crippen LogP contribution in [0.4, 0.5) is 0 Å². The first-order chi connectivity index (χ1) is 51.4. The van der Waals surface area contributed by atoms with Gasteiger partial charge in [0, 0.05) is 25.7 Å². The summed E-state index contributed by atoms with van der Waals surface area (Å²) in [5.74, 6) is -0.558. The SMILES string of the molecule is CCCCCCCCCCCCCCCCCCCCCCCCC(=O)O[C@H](COC(=O)CCCCCCCCCCCCCCCCCCCCCC)COP(=O)(O)OC[C@@H](O)COP(=O)(O)OC[C@@H](COC(=O)CCCCCCCCCCC(C)CC)OC(=O)CCCCCCCCCCC(C)CC. The van der Waals surface area contributed by atoms with Crippen LogP contribution in [0.1, 0.15) is 465 Å². The van der Waals surface area contributed by atoms with Gasteiger partial charge in [0.05, 0.1) is 26.4 Å². The van der Waals surface area contributed by atoms with Crippen molar-refractivity contribution in [3.8, 4) is 0 Å². The molecule has 0 heterocycles. The van der Waals surface area contributed by atoms with E-state index in [-0.39, 0.29) is 25.7 Å². The van der Waals surface area contributed by atoms with Gasteiger partial charge in [-0.1, -0.05) is 414 Å². The van der Waals surface area contributed by atoms with E-state index in [1.165, 1.54) is 283 Å². The zero-order chi connectivity index (χ0) is 77.8. The molecule has 0 spiro atoms. The summed E-state index contributed by atoms with van der Waals surface area (Å²) < 4.78 is 68.9. The molecule has 0 saturated carbocycles. The maximum absolute atomic E-state index is 13.2. The Labute approximate surface area is 651 Å². The fourth-order valence-corrected chi connectivity index (χ4v) is 15.1. The lowest BCUT2D eigenvalue weighted by molar-refractivity contribution is -0.161. The molecule has 0 bridgehead atoms. The van der Waals surface area contributed by atoms with E-state index in [9.17, 15) is 43.2 Å². The quantitative estimate of drug-likeness (QED) is 0.0222. The molecule has 106 heavy (non-hydrogen) atoms. The van der Waals surface area contributed by atoms with Crippen LogP contribution in [-0.4, -0.2) is 96.7 Å². The summed E-state index contributed by atoms with van der Waals surface area (Å²) in [7, 11) is -9.93. The molecule has 0 aromatic carbocycles. The van der Waals surface area contributed by atoms with E-state index in [1.54, 1.807) is 0 Å². The Morgan fingerprint density at radius 1 is 0.264 bits per heavy atom. The highest BCUT2D eigenvalue weighted by Crippen LogP contribution is 2.45. The first kappa shape index (κ1) is 104. The molecule has 7 atom stereocenters. The summed E-state index contributed by atoms with van der Waals surface area (Å²) >= 11 is 0. The van der Waals surface area contributed by atoms with Crippen LogP contribution in [-0.2, 0) is 65.4 Å². The number of unbranched alkanes of at least 4 members (excludes halogenated alkanes) is 54. The third kappa shape index (κ3) is 77.4. The average Bonchev–Trinajstić information content (AvgIpc) is 0.906. The van der Waals surface area contributed by atoms with Gasteiger partial charge in [-0.15, -0.1) is 0 Å². The van der Waals surface area contributed by atoms with Crippen LogP contribution in [0.25, 0.3) is 0 Å². The van der Waals surface area contributed by atoms with E-state index < -0.39 is 97.5 Å². The zero-order valence-electron chi connectivity index (χ0n) is 69.7. The lowest BCUT2D eigenvalue weighted by Crippen LogP contribution is -2.30. The molecular formula is C87H170O17P2. The number of ether oxygens (including phenoxy) is 4. The maximum atomic E-state index is 13.2. The van der Waals surface area contributed by atoms with Crippen molar-refractivity contribution < 1.29 is 80.2 Å². The Kier molecular flexibility index (Phi) is 76.9. The van der Waals surface area contributed by atoms with Crippen LogP contribution in [0.15, 0.2) is 0 Å². The van der Waals surface area contributed by atoms with Crippen LogP contribution in [0.2, 0.25) is 0 Å². The minimum atomic E-state index is -4.97. The minimum Gasteiger partial charge on any atom is -0.462 e. The molecule has 0 aromatic heterocycles. The van der Waals surface area contributed by atoms with E-state index in [0.29, 0.717) is 25.7 Å². The molecule has 0 saturated heterocycles. The van der Waals surface area contributed by atoms with Crippen LogP contribution < -0.4 is 0 Å². The van der Waals surface area contributed by atoms with Gasteiger partial charge in [-0.3, -0.25) is 37.3 Å². The van der Waals surface area contributed by atoms with Crippen LogP contribution in [0, 0.1) is 11.8 Å². The summed E-state index contributed by atoms with van der Waals surface area (Å²) in [6, 6.07) is 0. The van der Waals surface area contributed by atoms with Crippen molar-refractivity contribution in [3.05, 3.63) is 0 Å². The van der Waals surface area contributed by atoms with Crippen molar-refractivity contribution in [2.45, 2.75) is 484 Å². The van der Waals surface area contributed by atoms with Gasteiger partial charge in [0.25, 0.3) is 0 Å². The molecule has 3 N–H and O–H groups in total. The molecule has 0 aliphatic rings. The van der Waals surface area contributed by atoms with E-state index >= 15 is 0 Å². The number of phosphoric acid groups is 2. The Morgan fingerprint density at radius 3 is 0.670 bits per heavy atom. The largest absolute Gasteiger partial charge is 0.472 e. The first-order valence-corrected chi connectivity index (χ1v) is 48.1. The zero-order valence-corrected chi connectivity index (χ0v) is 71.5. The third-order valence-electron chi connectivity index (χ3n) is 21.2. The highest BCUT2D eigenvalue weighted by molar-refractivity contribution is 7.47. The normalized spacial score (nSPS) is 14.3. The van der Waals surface area contributed by atoms with Crippen molar-refractivity contribution in [2.75, 3.05) is 39.6 Å². The third-order valence-corrected chi connectivity index (χ3v) is 23.1. The fraction of sp³-hybridized carbons (Fsp3) is 0.954. The Morgan fingerprint density at radius 2 is 0.453 bits per heavy atom. The van der Waals surface area contributed by atoms with Gasteiger partial charge in [0.15, 0.2) is 12.2 Å². The molecule has 19 heteroatoms. The molecule has 0 fully saturated rings. The molecule has 0 aliphatic heterocycles. The number of hydrogen-bond acceptors (Lipinski definition) is 15. The van der Waals surface area contributed by atoms with Crippen LogP contribution in [0.5, 0.6) is 0 Å². The van der Waals surface area contributed by atoms with Crippen molar-refractivity contribution in [2.24, 2.45) is 11.8 Å². The molecule has 0 aliphatic carbocycles.